The van der Waals surface area contributed by atoms with E-state index < -0.39 is 0 Å². The topological polar surface area (TPSA) is 29.1 Å². The Bertz CT molecular complexity index is 396. The molecule has 1 aromatic rings. The van der Waals surface area contributed by atoms with Crippen molar-refractivity contribution in [3.63, 3.8) is 0 Å². The van der Waals surface area contributed by atoms with Gasteiger partial charge in [0.05, 0.1) is 6.42 Å². The second-order valence-corrected chi connectivity index (χ2v) is 5.60. The standard InChI is InChI=1S/C16H23NO/c1-12-7-9-14(10-8-12)11-16(18)17-15-6-4-3-5-13(15)2/h7-10,13,15H,3-6,11H2,1-2H3,(H,17,18)/t13-,15-/m1/s1. The summed E-state index contributed by atoms with van der Waals surface area (Å²) in [5.41, 5.74) is 2.33. The summed E-state index contributed by atoms with van der Waals surface area (Å²) in [5.74, 6) is 0.790. The molecule has 2 nitrogen and oxygen atoms in total. The summed E-state index contributed by atoms with van der Waals surface area (Å²) < 4.78 is 0. The number of carbonyl (C=O) groups is 1. The zero-order chi connectivity index (χ0) is 13.0. The summed E-state index contributed by atoms with van der Waals surface area (Å²) >= 11 is 0. The number of carbonyl (C=O) groups excluding carboxylic acids is 1. The van der Waals surface area contributed by atoms with E-state index in [0.29, 0.717) is 18.4 Å². The van der Waals surface area contributed by atoms with E-state index in [1.165, 1.54) is 24.8 Å². The predicted octanol–water partition coefficient (Wildman–Crippen LogP) is 3.23. The summed E-state index contributed by atoms with van der Waals surface area (Å²) in [5, 5.41) is 3.19. The highest BCUT2D eigenvalue weighted by Crippen LogP contribution is 2.23. The molecule has 1 aliphatic rings. The Morgan fingerprint density at radius 2 is 1.89 bits per heavy atom. The number of amides is 1. The van der Waals surface area contributed by atoms with E-state index in [9.17, 15) is 4.79 Å². The number of rotatable bonds is 3. The fraction of sp³-hybridized carbons (Fsp3) is 0.562. The minimum absolute atomic E-state index is 0.164. The van der Waals surface area contributed by atoms with Crippen LogP contribution in [-0.4, -0.2) is 11.9 Å². The zero-order valence-electron chi connectivity index (χ0n) is 11.4. The van der Waals surface area contributed by atoms with Gasteiger partial charge in [-0.25, -0.2) is 0 Å². The molecular formula is C16H23NO. The summed E-state index contributed by atoms with van der Waals surface area (Å²) in [6.45, 7) is 4.31. The van der Waals surface area contributed by atoms with Crippen LogP contribution in [0.4, 0.5) is 0 Å². The van der Waals surface area contributed by atoms with Crippen molar-refractivity contribution in [1.82, 2.24) is 5.32 Å². The average Bonchev–Trinajstić information content (AvgIpc) is 2.35. The molecule has 0 spiro atoms. The summed E-state index contributed by atoms with van der Waals surface area (Å²) in [4.78, 5) is 12.0. The van der Waals surface area contributed by atoms with Crippen molar-refractivity contribution >= 4 is 5.91 Å². The third-order valence-electron chi connectivity index (χ3n) is 3.94. The third-order valence-corrected chi connectivity index (χ3v) is 3.94. The Balaban J connectivity index is 1.86. The highest BCUT2D eigenvalue weighted by molar-refractivity contribution is 5.78. The lowest BCUT2D eigenvalue weighted by Gasteiger charge is -2.29. The highest BCUT2D eigenvalue weighted by atomic mass is 16.1. The van der Waals surface area contributed by atoms with Crippen LogP contribution in [0.15, 0.2) is 24.3 Å². The van der Waals surface area contributed by atoms with Crippen LogP contribution in [0.1, 0.15) is 43.7 Å². The van der Waals surface area contributed by atoms with Gasteiger partial charge in [0.2, 0.25) is 5.91 Å². The Kier molecular flexibility index (Phi) is 4.40. The monoisotopic (exact) mass is 245 g/mol. The van der Waals surface area contributed by atoms with Crippen LogP contribution < -0.4 is 5.32 Å². The molecule has 0 aliphatic heterocycles. The van der Waals surface area contributed by atoms with Gasteiger partial charge in [0, 0.05) is 6.04 Å². The molecule has 0 radical (unpaired) electrons. The fourth-order valence-corrected chi connectivity index (χ4v) is 2.68. The average molecular weight is 245 g/mol. The van der Waals surface area contributed by atoms with Crippen molar-refractivity contribution in [1.29, 1.82) is 0 Å². The molecule has 2 atom stereocenters. The molecule has 1 saturated carbocycles. The molecule has 1 aromatic carbocycles. The molecule has 1 fully saturated rings. The Labute approximate surface area is 110 Å². The molecule has 0 bridgehead atoms. The molecule has 98 valence electrons. The maximum absolute atomic E-state index is 12.0. The van der Waals surface area contributed by atoms with Crippen LogP contribution >= 0.6 is 0 Å². The number of benzene rings is 1. The van der Waals surface area contributed by atoms with Crippen molar-refractivity contribution < 1.29 is 4.79 Å². The third kappa shape index (κ3) is 3.59. The van der Waals surface area contributed by atoms with Crippen molar-refractivity contribution in [2.45, 2.75) is 52.0 Å². The van der Waals surface area contributed by atoms with Crippen LogP contribution in [0.3, 0.4) is 0 Å². The molecule has 2 rings (SSSR count). The minimum Gasteiger partial charge on any atom is -0.353 e. The quantitative estimate of drug-likeness (QED) is 0.870. The van der Waals surface area contributed by atoms with Gasteiger partial charge in [0.15, 0.2) is 0 Å². The lowest BCUT2D eigenvalue weighted by atomic mass is 9.86. The molecule has 0 heterocycles. The molecule has 18 heavy (non-hydrogen) atoms. The normalized spacial score (nSPS) is 23.7. The van der Waals surface area contributed by atoms with Crippen molar-refractivity contribution in [2.75, 3.05) is 0 Å². The number of aryl methyl sites for hydroxylation is 1. The predicted molar refractivity (Wildman–Crippen MR) is 74.4 cm³/mol. The van der Waals surface area contributed by atoms with E-state index in [0.717, 1.165) is 12.0 Å². The van der Waals surface area contributed by atoms with E-state index in [2.05, 4.69) is 31.3 Å². The summed E-state index contributed by atoms with van der Waals surface area (Å²) in [6, 6.07) is 8.59. The number of hydrogen-bond donors (Lipinski definition) is 1. The molecule has 1 N–H and O–H groups in total. The number of hydrogen-bond acceptors (Lipinski definition) is 1. The Hall–Kier alpha value is -1.31. The lowest BCUT2D eigenvalue weighted by Crippen LogP contribution is -2.41. The zero-order valence-corrected chi connectivity index (χ0v) is 11.4. The molecular weight excluding hydrogens is 222 g/mol. The van der Waals surface area contributed by atoms with E-state index in [-0.39, 0.29) is 5.91 Å². The van der Waals surface area contributed by atoms with Crippen LogP contribution in [-0.2, 0) is 11.2 Å². The Morgan fingerprint density at radius 3 is 2.56 bits per heavy atom. The van der Waals surface area contributed by atoms with Gasteiger partial charge in [-0.1, -0.05) is 49.6 Å². The first-order valence-electron chi connectivity index (χ1n) is 7.00. The highest BCUT2D eigenvalue weighted by Gasteiger charge is 2.22. The van der Waals surface area contributed by atoms with Gasteiger partial charge in [-0.05, 0) is 31.2 Å². The van der Waals surface area contributed by atoms with Gasteiger partial charge >= 0.3 is 0 Å². The summed E-state index contributed by atoms with van der Waals surface area (Å²) in [6.07, 6.45) is 5.45. The number of nitrogens with one attached hydrogen (secondary N) is 1. The van der Waals surface area contributed by atoms with Gasteiger partial charge in [0.25, 0.3) is 0 Å². The van der Waals surface area contributed by atoms with E-state index in [1.807, 2.05) is 12.1 Å². The first kappa shape index (κ1) is 13.1. The van der Waals surface area contributed by atoms with Crippen LogP contribution in [0.2, 0.25) is 0 Å². The van der Waals surface area contributed by atoms with Gasteiger partial charge in [0.1, 0.15) is 0 Å². The van der Waals surface area contributed by atoms with E-state index in [4.69, 9.17) is 0 Å². The van der Waals surface area contributed by atoms with Gasteiger partial charge in [-0.3, -0.25) is 4.79 Å². The summed E-state index contributed by atoms with van der Waals surface area (Å²) in [7, 11) is 0. The van der Waals surface area contributed by atoms with Crippen molar-refractivity contribution in [3.8, 4) is 0 Å². The SMILES string of the molecule is Cc1ccc(CC(=O)N[C@@H]2CCCC[C@H]2C)cc1. The van der Waals surface area contributed by atoms with Crippen molar-refractivity contribution in [2.24, 2.45) is 5.92 Å². The first-order valence-corrected chi connectivity index (χ1v) is 7.00. The van der Waals surface area contributed by atoms with Gasteiger partial charge < -0.3 is 5.32 Å². The fourth-order valence-electron chi connectivity index (χ4n) is 2.68. The molecule has 2 heteroatoms. The maximum Gasteiger partial charge on any atom is 0.224 e. The van der Waals surface area contributed by atoms with Crippen LogP contribution in [0.5, 0.6) is 0 Å². The molecule has 0 saturated heterocycles. The van der Waals surface area contributed by atoms with Gasteiger partial charge in [-0.15, -0.1) is 0 Å². The van der Waals surface area contributed by atoms with E-state index >= 15 is 0 Å². The second-order valence-electron chi connectivity index (χ2n) is 5.60. The Morgan fingerprint density at radius 1 is 1.22 bits per heavy atom. The first-order chi connectivity index (χ1) is 8.65. The smallest absolute Gasteiger partial charge is 0.224 e. The maximum atomic E-state index is 12.0. The van der Waals surface area contributed by atoms with Crippen LogP contribution in [0, 0.1) is 12.8 Å². The van der Waals surface area contributed by atoms with Crippen molar-refractivity contribution in [3.05, 3.63) is 35.4 Å². The molecule has 1 aliphatic carbocycles. The van der Waals surface area contributed by atoms with Gasteiger partial charge in [-0.2, -0.15) is 0 Å². The largest absolute Gasteiger partial charge is 0.353 e. The second kappa shape index (κ2) is 6.03. The minimum atomic E-state index is 0.164. The van der Waals surface area contributed by atoms with Crippen LogP contribution in [0.25, 0.3) is 0 Å². The lowest BCUT2D eigenvalue weighted by molar-refractivity contribution is -0.121. The molecule has 0 unspecified atom stereocenters. The molecule has 1 amide bonds. The van der Waals surface area contributed by atoms with E-state index in [1.54, 1.807) is 0 Å². The molecule has 0 aromatic heterocycles.